The van der Waals surface area contributed by atoms with Gasteiger partial charge in [-0.15, -0.1) is 0 Å². The molecule has 6 nitrogen and oxygen atoms in total. The lowest BCUT2D eigenvalue weighted by Crippen LogP contribution is -2.40. The molecule has 24 heavy (non-hydrogen) atoms. The minimum absolute atomic E-state index is 0.247. The van der Waals surface area contributed by atoms with Crippen LogP contribution in [-0.4, -0.2) is 51.6 Å². The summed E-state index contributed by atoms with van der Waals surface area (Å²) in [6, 6.07) is 11.3. The Morgan fingerprint density at radius 1 is 1.38 bits per heavy atom. The highest BCUT2D eigenvalue weighted by Gasteiger charge is 2.26. The van der Waals surface area contributed by atoms with E-state index in [-0.39, 0.29) is 6.61 Å². The molecule has 0 bridgehead atoms. The number of likely N-dealkylation sites (tertiary alicyclic amines) is 1. The highest BCUT2D eigenvalue weighted by atomic mass is 16.5. The number of benzene rings is 1. The van der Waals surface area contributed by atoms with Crippen LogP contribution in [0.1, 0.15) is 18.4 Å². The number of aromatic nitrogens is 2. The van der Waals surface area contributed by atoms with Gasteiger partial charge in [-0.1, -0.05) is 0 Å². The van der Waals surface area contributed by atoms with Gasteiger partial charge in [-0.25, -0.2) is 0 Å². The number of nitriles is 1. The van der Waals surface area contributed by atoms with Crippen LogP contribution in [0.2, 0.25) is 0 Å². The van der Waals surface area contributed by atoms with Crippen molar-refractivity contribution in [3.8, 4) is 11.8 Å². The van der Waals surface area contributed by atoms with Gasteiger partial charge >= 0.3 is 0 Å². The second-order valence-corrected chi connectivity index (χ2v) is 6.12. The smallest absolute Gasteiger partial charge is 0.119 e. The molecule has 1 saturated heterocycles. The Kier molecular flexibility index (Phi) is 5.47. The van der Waals surface area contributed by atoms with Crippen molar-refractivity contribution < 1.29 is 9.84 Å². The molecular formula is C18H22N4O2. The summed E-state index contributed by atoms with van der Waals surface area (Å²) < 4.78 is 7.56. The van der Waals surface area contributed by atoms with E-state index in [4.69, 9.17) is 10.00 Å². The van der Waals surface area contributed by atoms with Crippen molar-refractivity contribution in [3.63, 3.8) is 0 Å². The molecule has 1 aromatic heterocycles. The summed E-state index contributed by atoms with van der Waals surface area (Å²) >= 11 is 0. The summed E-state index contributed by atoms with van der Waals surface area (Å²) in [5.41, 5.74) is 0.599. The topological polar surface area (TPSA) is 74.3 Å². The maximum absolute atomic E-state index is 10.3. The molecule has 1 fully saturated rings. The third kappa shape index (κ3) is 4.34. The zero-order valence-electron chi connectivity index (χ0n) is 13.6. The first-order valence-corrected chi connectivity index (χ1v) is 8.27. The Hall–Kier alpha value is -2.36. The van der Waals surface area contributed by atoms with E-state index >= 15 is 0 Å². The molecule has 3 rings (SSSR count). The van der Waals surface area contributed by atoms with Gasteiger partial charge in [0.2, 0.25) is 0 Å². The summed E-state index contributed by atoms with van der Waals surface area (Å²) in [5, 5.41) is 23.3. The van der Waals surface area contributed by atoms with Crippen LogP contribution in [-0.2, 0) is 6.54 Å². The fourth-order valence-corrected chi connectivity index (χ4v) is 3.11. The maximum atomic E-state index is 10.3. The highest BCUT2D eigenvalue weighted by molar-refractivity contribution is 5.34. The van der Waals surface area contributed by atoms with Crippen LogP contribution in [0, 0.1) is 11.3 Å². The third-order valence-electron chi connectivity index (χ3n) is 4.33. The summed E-state index contributed by atoms with van der Waals surface area (Å²) in [4.78, 5) is 2.31. The number of hydrogen-bond acceptors (Lipinski definition) is 5. The number of aliphatic hydroxyl groups excluding tert-OH is 1. The van der Waals surface area contributed by atoms with Crippen LogP contribution in [0.3, 0.4) is 0 Å². The number of β-amino-alcohol motifs (C(OH)–C–C–N with tert-alkyl or cyclic N) is 1. The van der Waals surface area contributed by atoms with E-state index in [9.17, 15) is 5.11 Å². The molecule has 0 amide bonds. The fraction of sp³-hybridized carbons (Fsp3) is 0.444. The van der Waals surface area contributed by atoms with E-state index in [1.165, 1.54) is 0 Å². The van der Waals surface area contributed by atoms with Crippen molar-refractivity contribution in [2.24, 2.45) is 0 Å². The first-order chi connectivity index (χ1) is 11.7. The van der Waals surface area contributed by atoms with E-state index in [1.54, 1.807) is 30.5 Å². The van der Waals surface area contributed by atoms with Crippen molar-refractivity contribution in [2.75, 3.05) is 19.7 Å². The third-order valence-corrected chi connectivity index (χ3v) is 4.33. The molecule has 0 unspecified atom stereocenters. The molecule has 1 aliphatic rings. The van der Waals surface area contributed by atoms with Crippen molar-refractivity contribution in [2.45, 2.75) is 31.5 Å². The van der Waals surface area contributed by atoms with Gasteiger partial charge in [-0.2, -0.15) is 10.4 Å². The number of rotatable bonds is 7. The Labute approximate surface area is 141 Å². The van der Waals surface area contributed by atoms with Gasteiger partial charge < -0.3 is 9.84 Å². The predicted octanol–water partition coefficient (Wildman–Crippen LogP) is 1.66. The molecule has 0 radical (unpaired) electrons. The number of hydrogen-bond donors (Lipinski definition) is 1. The Morgan fingerprint density at radius 3 is 2.92 bits per heavy atom. The minimum Gasteiger partial charge on any atom is -0.491 e. The Bertz CT molecular complexity index is 663. The molecule has 126 valence electrons. The van der Waals surface area contributed by atoms with Gasteiger partial charge in [0.25, 0.3) is 0 Å². The van der Waals surface area contributed by atoms with Gasteiger partial charge in [-0.05, 0) is 49.7 Å². The molecule has 0 aliphatic carbocycles. The van der Waals surface area contributed by atoms with Gasteiger partial charge in [0, 0.05) is 25.0 Å². The average molecular weight is 326 g/mol. The van der Waals surface area contributed by atoms with Crippen LogP contribution in [0.15, 0.2) is 42.7 Å². The first-order valence-electron chi connectivity index (χ1n) is 8.27. The molecule has 2 aromatic rings. The molecular weight excluding hydrogens is 304 g/mol. The molecule has 2 heterocycles. The fourth-order valence-electron chi connectivity index (χ4n) is 3.11. The zero-order chi connectivity index (χ0) is 16.8. The summed E-state index contributed by atoms with van der Waals surface area (Å²) in [5.74, 6) is 0.669. The minimum atomic E-state index is -0.543. The summed E-state index contributed by atoms with van der Waals surface area (Å²) in [6.07, 6.45) is 5.50. The van der Waals surface area contributed by atoms with Crippen LogP contribution >= 0.6 is 0 Å². The van der Waals surface area contributed by atoms with Crippen molar-refractivity contribution >= 4 is 0 Å². The van der Waals surface area contributed by atoms with E-state index < -0.39 is 6.10 Å². The predicted molar refractivity (Wildman–Crippen MR) is 89.5 cm³/mol. The lowest BCUT2D eigenvalue weighted by atomic mass is 10.2. The molecule has 6 heteroatoms. The standard InChI is InChI=1S/C18H22N4O2/c19-11-15-4-6-18(7-5-15)24-14-17(23)13-21-9-1-3-16(21)12-22-10-2-8-20-22/h2,4-8,10,16-17,23H,1,3,9,12-14H2/t16-,17-/m1/s1. The molecule has 0 spiro atoms. The number of aliphatic hydroxyl groups is 1. The Balaban J connectivity index is 1.46. The SMILES string of the molecule is N#Cc1ccc(OC[C@H](O)CN2CCC[C@@H]2Cn2cccn2)cc1. The first kappa shape index (κ1) is 16.5. The van der Waals surface area contributed by atoms with E-state index in [0.717, 1.165) is 25.9 Å². The van der Waals surface area contributed by atoms with Crippen molar-refractivity contribution in [1.29, 1.82) is 5.26 Å². The molecule has 1 aromatic carbocycles. The highest BCUT2D eigenvalue weighted by Crippen LogP contribution is 2.19. The molecule has 2 atom stereocenters. The monoisotopic (exact) mass is 326 g/mol. The second kappa shape index (κ2) is 7.95. The normalized spacial score (nSPS) is 19.1. The number of nitrogens with zero attached hydrogens (tertiary/aromatic N) is 4. The van der Waals surface area contributed by atoms with Crippen molar-refractivity contribution in [1.82, 2.24) is 14.7 Å². The lowest BCUT2D eigenvalue weighted by molar-refractivity contribution is 0.0609. The maximum Gasteiger partial charge on any atom is 0.119 e. The molecule has 1 aliphatic heterocycles. The number of ether oxygens (including phenoxy) is 1. The largest absolute Gasteiger partial charge is 0.491 e. The van der Waals surface area contributed by atoms with Crippen molar-refractivity contribution in [3.05, 3.63) is 48.3 Å². The molecule has 1 N–H and O–H groups in total. The van der Waals surface area contributed by atoms with Crippen LogP contribution in [0.25, 0.3) is 0 Å². The summed E-state index contributed by atoms with van der Waals surface area (Å²) in [6.45, 7) is 2.70. The van der Waals surface area contributed by atoms with Gasteiger partial charge in [0.15, 0.2) is 0 Å². The van der Waals surface area contributed by atoms with Gasteiger partial charge in [0.1, 0.15) is 18.5 Å². The van der Waals surface area contributed by atoms with Crippen LogP contribution in [0.4, 0.5) is 0 Å². The lowest BCUT2D eigenvalue weighted by Gasteiger charge is -2.26. The van der Waals surface area contributed by atoms with Crippen LogP contribution in [0.5, 0.6) is 5.75 Å². The Morgan fingerprint density at radius 2 is 2.21 bits per heavy atom. The second-order valence-electron chi connectivity index (χ2n) is 6.12. The average Bonchev–Trinajstić information content (AvgIpc) is 3.26. The quantitative estimate of drug-likeness (QED) is 0.837. The summed E-state index contributed by atoms with van der Waals surface area (Å²) in [7, 11) is 0. The van der Waals surface area contributed by atoms with Crippen LogP contribution < -0.4 is 4.74 Å². The molecule has 0 saturated carbocycles. The van der Waals surface area contributed by atoms with E-state index in [1.807, 2.05) is 16.9 Å². The van der Waals surface area contributed by atoms with Gasteiger partial charge in [0.05, 0.1) is 18.2 Å². The van der Waals surface area contributed by atoms with E-state index in [0.29, 0.717) is 23.9 Å². The van der Waals surface area contributed by atoms with E-state index in [2.05, 4.69) is 16.1 Å². The van der Waals surface area contributed by atoms with Gasteiger partial charge in [-0.3, -0.25) is 9.58 Å². The zero-order valence-corrected chi connectivity index (χ0v) is 13.6.